The molecular weight excluding hydrogens is 398 g/mol. The van der Waals surface area contributed by atoms with Gasteiger partial charge in [-0.05, 0) is 25.0 Å². The van der Waals surface area contributed by atoms with Crippen LogP contribution < -0.4 is 15.0 Å². The second kappa shape index (κ2) is 9.55. The molecule has 0 saturated carbocycles. The van der Waals surface area contributed by atoms with Crippen LogP contribution in [0.4, 0.5) is 5.69 Å². The lowest BCUT2D eigenvalue weighted by atomic mass is 10.1. The summed E-state index contributed by atoms with van der Waals surface area (Å²) >= 11 is 0. The molecule has 168 valence electrons. The van der Waals surface area contributed by atoms with Gasteiger partial charge in [-0.1, -0.05) is 12.1 Å². The highest BCUT2D eigenvalue weighted by molar-refractivity contribution is 5.86. The zero-order valence-corrected chi connectivity index (χ0v) is 18.1. The summed E-state index contributed by atoms with van der Waals surface area (Å²) in [6.45, 7) is 5.32. The number of fused-ring (bicyclic) bond motifs is 1. The van der Waals surface area contributed by atoms with Gasteiger partial charge in [-0.3, -0.25) is 19.3 Å². The summed E-state index contributed by atoms with van der Waals surface area (Å²) in [5.74, 6) is 0.629. The number of nitrogens with one attached hydrogen (secondary N) is 1. The second-order valence-corrected chi connectivity index (χ2v) is 8.31. The Morgan fingerprint density at radius 1 is 0.935 bits per heavy atom. The van der Waals surface area contributed by atoms with Crippen molar-refractivity contribution in [3.05, 3.63) is 24.3 Å². The van der Waals surface area contributed by atoms with Crippen molar-refractivity contribution in [1.29, 1.82) is 0 Å². The van der Waals surface area contributed by atoms with Crippen LogP contribution in [0.15, 0.2) is 24.3 Å². The lowest BCUT2D eigenvalue weighted by Crippen LogP contribution is -2.55. The molecule has 0 bridgehead atoms. The highest BCUT2D eigenvalue weighted by Gasteiger charge is 2.32. The van der Waals surface area contributed by atoms with E-state index in [-0.39, 0.29) is 24.3 Å². The molecule has 3 heterocycles. The summed E-state index contributed by atoms with van der Waals surface area (Å²) in [7, 11) is 1.58. The number of anilines is 1. The third-order valence-electron chi connectivity index (χ3n) is 6.27. The first-order chi connectivity index (χ1) is 15.0. The minimum absolute atomic E-state index is 0.0258. The lowest BCUT2D eigenvalue weighted by Gasteiger charge is -2.38. The fraction of sp³-hybridized carbons (Fsp3) is 0.591. The van der Waals surface area contributed by atoms with Gasteiger partial charge in [0.25, 0.3) is 5.91 Å². The summed E-state index contributed by atoms with van der Waals surface area (Å²) in [5, 5.41) is 2.62. The van der Waals surface area contributed by atoms with Crippen molar-refractivity contribution in [2.45, 2.75) is 18.9 Å². The van der Waals surface area contributed by atoms with Crippen molar-refractivity contribution in [3.63, 3.8) is 0 Å². The van der Waals surface area contributed by atoms with Crippen molar-refractivity contribution in [2.24, 2.45) is 0 Å². The van der Waals surface area contributed by atoms with E-state index in [9.17, 15) is 14.4 Å². The third-order valence-corrected chi connectivity index (χ3v) is 6.27. The first-order valence-electron chi connectivity index (χ1n) is 11.1. The van der Waals surface area contributed by atoms with Gasteiger partial charge in [0.05, 0.1) is 25.3 Å². The van der Waals surface area contributed by atoms with Gasteiger partial charge in [0.15, 0.2) is 6.10 Å². The average molecular weight is 430 g/mol. The number of hydrogen-bond acceptors (Lipinski definition) is 6. The molecule has 0 radical (unpaired) electrons. The number of hydrogen-bond donors (Lipinski definition) is 1. The molecule has 1 N–H and O–H groups in total. The maximum absolute atomic E-state index is 13.0. The summed E-state index contributed by atoms with van der Waals surface area (Å²) in [4.78, 5) is 45.4. The number of rotatable bonds is 5. The lowest BCUT2D eigenvalue weighted by molar-refractivity contribution is -0.134. The van der Waals surface area contributed by atoms with Crippen molar-refractivity contribution in [1.82, 2.24) is 20.0 Å². The third kappa shape index (κ3) is 4.92. The molecule has 0 aromatic heterocycles. The molecule has 3 aliphatic heterocycles. The largest absolute Gasteiger partial charge is 0.477 e. The first kappa shape index (κ1) is 21.4. The normalized spacial score (nSPS) is 21.5. The number of carbonyl (C=O) groups excluding carboxylic acids is 3. The van der Waals surface area contributed by atoms with E-state index in [1.54, 1.807) is 7.05 Å². The van der Waals surface area contributed by atoms with Gasteiger partial charge in [0.1, 0.15) is 5.75 Å². The Labute approximate surface area is 182 Å². The van der Waals surface area contributed by atoms with Gasteiger partial charge < -0.3 is 24.8 Å². The van der Waals surface area contributed by atoms with Crippen molar-refractivity contribution in [3.8, 4) is 5.75 Å². The average Bonchev–Trinajstić information content (AvgIpc) is 3.34. The van der Waals surface area contributed by atoms with Crippen LogP contribution in [0.1, 0.15) is 12.8 Å². The number of nitrogens with zero attached hydrogens (tertiary/aromatic N) is 4. The van der Waals surface area contributed by atoms with Crippen LogP contribution in [0, 0.1) is 0 Å². The number of ether oxygens (including phenoxy) is 1. The number of piperazine rings is 1. The quantitative estimate of drug-likeness (QED) is 0.696. The Morgan fingerprint density at radius 2 is 1.58 bits per heavy atom. The molecule has 0 spiro atoms. The Morgan fingerprint density at radius 3 is 2.29 bits per heavy atom. The van der Waals surface area contributed by atoms with Crippen molar-refractivity contribution in [2.75, 3.05) is 70.9 Å². The zero-order chi connectivity index (χ0) is 21.8. The molecule has 1 aromatic rings. The van der Waals surface area contributed by atoms with Crippen LogP contribution in [-0.4, -0.2) is 104 Å². The molecule has 2 fully saturated rings. The van der Waals surface area contributed by atoms with E-state index in [1.165, 1.54) is 0 Å². The summed E-state index contributed by atoms with van der Waals surface area (Å²) < 4.78 is 5.81. The van der Waals surface area contributed by atoms with E-state index in [2.05, 4.69) is 10.2 Å². The Balaban J connectivity index is 1.32. The standard InChI is InChI=1S/C22H31N5O4/c1-23-22(30)19-14-27(17-6-2-3-7-18(17)31-19)16-21(29)26-12-10-24(11-13-26)15-20(28)25-8-4-5-9-25/h2-3,6-7,19H,4-5,8-16H2,1H3,(H,23,30)/t19-/m0/s1. The van der Waals surface area contributed by atoms with E-state index >= 15 is 0 Å². The molecule has 2 saturated heterocycles. The monoisotopic (exact) mass is 429 g/mol. The highest BCUT2D eigenvalue weighted by Crippen LogP contribution is 2.33. The van der Waals surface area contributed by atoms with Gasteiger partial charge in [0.2, 0.25) is 11.8 Å². The Kier molecular flexibility index (Phi) is 6.60. The molecule has 4 rings (SSSR count). The maximum Gasteiger partial charge on any atom is 0.262 e. The molecule has 31 heavy (non-hydrogen) atoms. The van der Waals surface area contributed by atoms with E-state index in [0.717, 1.165) is 31.6 Å². The van der Waals surface area contributed by atoms with Crippen molar-refractivity contribution >= 4 is 23.4 Å². The van der Waals surface area contributed by atoms with Gasteiger partial charge in [-0.2, -0.15) is 0 Å². The predicted molar refractivity (Wildman–Crippen MR) is 116 cm³/mol. The topological polar surface area (TPSA) is 85.4 Å². The molecule has 9 heteroatoms. The molecule has 3 amide bonds. The summed E-state index contributed by atoms with van der Waals surface area (Å²) in [5.41, 5.74) is 0.825. The number of para-hydroxylation sites is 2. The first-order valence-corrected chi connectivity index (χ1v) is 11.1. The minimum atomic E-state index is -0.652. The Hall–Kier alpha value is -2.81. The maximum atomic E-state index is 13.0. The van der Waals surface area contributed by atoms with Gasteiger partial charge in [-0.15, -0.1) is 0 Å². The molecule has 0 aliphatic carbocycles. The van der Waals surface area contributed by atoms with Gasteiger partial charge in [0, 0.05) is 46.3 Å². The number of amides is 3. The highest BCUT2D eigenvalue weighted by atomic mass is 16.5. The number of likely N-dealkylation sites (N-methyl/N-ethyl adjacent to an activating group) is 1. The fourth-order valence-corrected chi connectivity index (χ4v) is 4.43. The van der Waals surface area contributed by atoms with Crippen molar-refractivity contribution < 1.29 is 19.1 Å². The van der Waals surface area contributed by atoms with Crippen LogP contribution in [0.5, 0.6) is 5.75 Å². The van der Waals surface area contributed by atoms with Gasteiger partial charge in [-0.25, -0.2) is 0 Å². The minimum Gasteiger partial charge on any atom is -0.477 e. The second-order valence-electron chi connectivity index (χ2n) is 8.31. The predicted octanol–water partition coefficient (Wildman–Crippen LogP) is -0.233. The number of carbonyl (C=O) groups is 3. The van der Waals surface area contributed by atoms with Crippen LogP contribution >= 0.6 is 0 Å². The van der Waals surface area contributed by atoms with Crippen LogP contribution in [0.25, 0.3) is 0 Å². The van der Waals surface area contributed by atoms with E-state index in [4.69, 9.17) is 4.74 Å². The summed E-state index contributed by atoms with van der Waals surface area (Å²) in [6.07, 6.45) is 1.54. The van der Waals surface area contributed by atoms with E-state index in [1.807, 2.05) is 39.0 Å². The van der Waals surface area contributed by atoms with E-state index in [0.29, 0.717) is 45.0 Å². The number of likely N-dealkylation sites (tertiary alicyclic amines) is 1. The molecule has 9 nitrogen and oxygen atoms in total. The molecular formula is C22H31N5O4. The zero-order valence-electron chi connectivity index (χ0n) is 18.1. The fourth-order valence-electron chi connectivity index (χ4n) is 4.43. The smallest absolute Gasteiger partial charge is 0.262 e. The SMILES string of the molecule is CNC(=O)[C@@H]1CN(CC(=O)N2CCN(CC(=O)N3CCCC3)CC2)c2ccccc2O1. The van der Waals surface area contributed by atoms with E-state index < -0.39 is 6.10 Å². The molecule has 1 atom stereocenters. The number of benzene rings is 1. The molecule has 3 aliphatic rings. The van der Waals surface area contributed by atoms with Crippen LogP contribution in [0.2, 0.25) is 0 Å². The van der Waals surface area contributed by atoms with Crippen LogP contribution in [0.3, 0.4) is 0 Å². The summed E-state index contributed by atoms with van der Waals surface area (Å²) in [6, 6.07) is 7.48. The molecule has 1 aromatic carbocycles. The van der Waals surface area contributed by atoms with Gasteiger partial charge >= 0.3 is 0 Å². The van der Waals surface area contributed by atoms with Crippen LogP contribution in [-0.2, 0) is 14.4 Å². The Bertz CT molecular complexity index is 818. The molecule has 0 unspecified atom stereocenters.